The Hall–Kier alpha value is -2.76. The van der Waals surface area contributed by atoms with Crippen LogP contribution >= 0.6 is 0 Å². The largest absolute Gasteiger partial charge is 0.338 e. The van der Waals surface area contributed by atoms with Crippen LogP contribution < -0.4 is 10.0 Å². The predicted octanol–water partition coefficient (Wildman–Crippen LogP) is 1.53. The number of hydrogen-bond donors (Lipinski definition) is 2. The molecule has 2 aromatic rings. The van der Waals surface area contributed by atoms with Crippen molar-refractivity contribution in [1.82, 2.24) is 9.62 Å². The zero-order valence-electron chi connectivity index (χ0n) is 17.9. The maximum atomic E-state index is 12.5. The van der Waals surface area contributed by atoms with E-state index in [9.17, 15) is 26.4 Å². The molecule has 4 rings (SSSR count). The SMILES string of the molecule is O=C(Nc1ccc(S(=O)(=O)N[C@H]2CCS(=O)(=O)C2)cc1)c1ccc(CN2CCCC2=O)cc1. The molecule has 2 amide bonds. The first-order valence-electron chi connectivity index (χ1n) is 10.6. The summed E-state index contributed by atoms with van der Waals surface area (Å²) in [5.41, 5.74) is 1.81. The van der Waals surface area contributed by atoms with E-state index in [1.54, 1.807) is 17.0 Å². The summed E-state index contributed by atoms with van der Waals surface area (Å²) >= 11 is 0. The average molecular weight is 492 g/mol. The number of nitrogens with one attached hydrogen (secondary N) is 2. The molecule has 0 spiro atoms. The van der Waals surface area contributed by atoms with Gasteiger partial charge in [0.2, 0.25) is 15.9 Å². The van der Waals surface area contributed by atoms with Gasteiger partial charge in [0.05, 0.1) is 16.4 Å². The van der Waals surface area contributed by atoms with Crippen LogP contribution in [-0.2, 0) is 31.2 Å². The van der Waals surface area contributed by atoms with Crippen molar-refractivity contribution in [2.24, 2.45) is 0 Å². The Labute approximate surface area is 193 Å². The van der Waals surface area contributed by atoms with Crippen molar-refractivity contribution in [3.05, 3.63) is 59.7 Å². The molecule has 11 heteroatoms. The Balaban J connectivity index is 1.35. The molecular weight excluding hydrogens is 466 g/mol. The van der Waals surface area contributed by atoms with Crippen LogP contribution in [0.25, 0.3) is 0 Å². The lowest BCUT2D eigenvalue weighted by atomic mass is 10.1. The summed E-state index contributed by atoms with van der Waals surface area (Å²) in [6, 6.07) is 12.0. The van der Waals surface area contributed by atoms with Crippen molar-refractivity contribution in [3.8, 4) is 0 Å². The fourth-order valence-corrected chi connectivity index (χ4v) is 7.00. The molecule has 2 aliphatic rings. The highest BCUT2D eigenvalue weighted by molar-refractivity contribution is 7.92. The number of anilines is 1. The summed E-state index contributed by atoms with van der Waals surface area (Å²) in [7, 11) is -7.06. The van der Waals surface area contributed by atoms with Crippen LogP contribution in [0.15, 0.2) is 53.4 Å². The van der Waals surface area contributed by atoms with Gasteiger partial charge in [-0.15, -0.1) is 0 Å². The van der Waals surface area contributed by atoms with Crippen molar-refractivity contribution >= 4 is 37.4 Å². The summed E-state index contributed by atoms with van der Waals surface area (Å²) < 4.78 is 50.5. The molecule has 0 aromatic heterocycles. The molecule has 2 aromatic carbocycles. The van der Waals surface area contributed by atoms with Crippen LogP contribution in [0, 0.1) is 0 Å². The number of likely N-dealkylation sites (tertiary alicyclic amines) is 1. The Morgan fingerprint density at radius 1 is 1.06 bits per heavy atom. The number of sulfone groups is 1. The lowest BCUT2D eigenvalue weighted by Crippen LogP contribution is -2.35. The zero-order valence-corrected chi connectivity index (χ0v) is 19.5. The Bertz CT molecular complexity index is 1260. The summed E-state index contributed by atoms with van der Waals surface area (Å²) in [5.74, 6) is -0.426. The van der Waals surface area contributed by atoms with E-state index in [2.05, 4.69) is 10.0 Å². The molecule has 2 heterocycles. The maximum Gasteiger partial charge on any atom is 0.255 e. The zero-order chi connectivity index (χ0) is 23.6. The first-order valence-corrected chi connectivity index (χ1v) is 13.9. The van der Waals surface area contributed by atoms with E-state index < -0.39 is 25.9 Å². The number of hydrogen-bond acceptors (Lipinski definition) is 6. The van der Waals surface area contributed by atoms with E-state index in [0.29, 0.717) is 24.2 Å². The minimum atomic E-state index is -3.87. The van der Waals surface area contributed by atoms with Gasteiger partial charge >= 0.3 is 0 Å². The molecule has 176 valence electrons. The first-order chi connectivity index (χ1) is 15.6. The normalized spacial score (nSPS) is 20.2. The van der Waals surface area contributed by atoms with Crippen molar-refractivity contribution < 1.29 is 26.4 Å². The third-order valence-electron chi connectivity index (χ3n) is 5.74. The second kappa shape index (κ2) is 9.24. The molecule has 1 atom stereocenters. The highest BCUT2D eigenvalue weighted by Crippen LogP contribution is 2.19. The Morgan fingerprint density at radius 2 is 1.76 bits per heavy atom. The molecule has 0 unspecified atom stereocenters. The molecule has 2 aliphatic heterocycles. The minimum absolute atomic E-state index is 0.00869. The van der Waals surface area contributed by atoms with Gasteiger partial charge in [-0.1, -0.05) is 12.1 Å². The average Bonchev–Trinajstić information content (AvgIpc) is 3.32. The number of rotatable bonds is 7. The quantitative estimate of drug-likeness (QED) is 0.604. The number of benzene rings is 2. The van der Waals surface area contributed by atoms with Crippen molar-refractivity contribution in [3.63, 3.8) is 0 Å². The molecule has 0 radical (unpaired) electrons. The number of amides is 2. The van der Waals surface area contributed by atoms with E-state index in [4.69, 9.17) is 0 Å². The molecule has 0 bridgehead atoms. The molecule has 2 saturated heterocycles. The number of carbonyl (C=O) groups is 2. The van der Waals surface area contributed by atoms with E-state index in [1.807, 2.05) is 12.1 Å². The highest BCUT2D eigenvalue weighted by Gasteiger charge is 2.31. The minimum Gasteiger partial charge on any atom is -0.338 e. The van der Waals surface area contributed by atoms with Crippen LogP contribution in [0.5, 0.6) is 0 Å². The number of nitrogens with zero attached hydrogens (tertiary/aromatic N) is 1. The summed E-state index contributed by atoms with van der Waals surface area (Å²) in [6.45, 7) is 1.28. The summed E-state index contributed by atoms with van der Waals surface area (Å²) in [6.07, 6.45) is 1.71. The van der Waals surface area contributed by atoms with E-state index >= 15 is 0 Å². The van der Waals surface area contributed by atoms with Gasteiger partial charge in [0, 0.05) is 36.8 Å². The molecule has 2 N–H and O–H groups in total. The van der Waals surface area contributed by atoms with Crippen LogP contribution in [0.2, 0.25) is 0 Å². The lowest BCUT2D eigenvalue weighted by molar-refractivity contribution is -0.128. The monoisotopic (exact) mass is 491 g/mol. The Kier molecular flexibility index (Phi) is 6.55. The molecule has 33 heavy (non-hydrogen) atoms. The fraction of sp³-hybridized carbons (Fsp3) is 0.364. The number of sulfonamides is 1. The fourth-order valence-electron chi connectivity index (χ4n) is 3.95. The third-order valence-corrected chi connectivity index (χ3v) is 9.04. The summed E-state index contributed by atoms with van der Waals surface area (Å²) in [4.78, 5) is 26.1. The van der Waals surface area contributed by atoms with Crippen LogP contribution in [0.4, 0.5) is 5.69 Å². The molecular formula is C22H25N3O6S2. The second-order valence-electron chi connectivity index (χ2n) is 8.32. The third kappa shape index (κ3) is 5.79. The lowest BCUT2D eigenvalue weighted by Gasteiger charge is -2.15. The van der Waals surface area contributed by atoms with Crippen LogP contribution in [0.1, 0.15) is 35.2 Å². The van der Waals surface area contributed by atoms with Gasteiger partial charge < -0.3 is 10.2 Å². The van der Waals surface area contributed by atoms with Crippen molar-refractivity contribution in [2.75, 3.05) is 23.4 Å². The predicted molar refractivity (Wildman–Crippen MR) is 123 cm³/mol. The molecule has 0 saturated carbocycles. The van der Waals surface area contributed by atoms with E-state index in [1.165, 1.54) is 24.3 Å². The molecule has 2 fully saturated rings. The topological polar surface area (TPSA) is 130 Å². The van der Waals surface area contributed by atoms with Crippen LogP contribution in [-0.4, -0.2) is 57.6 Å². The second-order valence-corrected chi connectivity index (χ2v) is 12.3. The van der Waals surface area contributed by atoms with Crippen LogP contribution in [0.3, 0.4) is 0 Å². The van der Waals surface area contributed by atoms with Gasteiger partial charge in [-0.3, -0.25) is 9.59 Å². The van der Waals surface area contributed by atoms with Gasteiger partial charge in [0.25, 0.3) is 5.91 Å². The van der Waals surface area contributed by atoms with Gasteiger partial charge in [-0.25, -0.2) is 21.6 Å². The molecule has 0 aliphatic carbocycles. The maximum absolute atomic E-state index is 12.5. The first kappa shape index (κ1) is 23.4. The van der Waals surface area contributed by atoms with Gasteiger partial charge in [-0.05, 0) is 54.8 Å². The van der Waals surface area contributed by atoms with Crippen molar-refractivity contribution in [1.29, 1.82) is 0 Å². The van der Waals surface area contributed by atoms with Gasteiger partial charge in [0.15, 0.2) is 9.84 Å². The standard InChI is InChI=1S/C22H25N3O6S2/c26-21-2-1-12-25(21)14-16-3-5-17(6-4-16)22(27)23-18-7-9-20(10-8-18)33(30,31)24-19-11-13-32(28,29)15-19/h3-10,19,24H,1-2,11-15H2,(H,23,27)/t19-/m0/s1. The highest BCUT2D eigenvalue weighted by atomic mass is 32.2. The smallest absolute Gasteiger partial charge is 0.255 e. The van der Waals surface area contributed by atoms with E-state index in [0.717, 1.165) is 18.5 Å². The van der Waals surface area contributed by atoms with Gasteiger partial charge in [-0.2, -0.15) is 0 Å². The number of carbonyl (C=O) groups excluding carboxylic acids is 2. The van der Waals surface area contributed by atoms with E-state index in [-0.39, 0.29) is 34.6 Å². The summed E-state index contributed by atoms with van der Waals surface area (Å²) in [5, 5.41) is 2.72. The van der Waals surface area contributed by atoms with Gasteiger partial charge in [0.1, 0.15) is 0 Å². The molecule has 9 nitrogen and oxygen atoms in total. The van der Waals surface area contributed by atoms with Crippen molar-refractivity contribution in [2.45, 2.75) is 36.7 Å². The Morgan fingerprint density at radius 3 is 2.33 bits per heavy atom.